The molecule has 1 N–H and O–H groups in total. The van der Waals surface area contributed by atoms with Crippen molar-refractivity contribution in [2.24, 2.45) is 0 Å². The molecule has 1 atom stereocenters. The van der Waals surface area contributed by atoms with Gasteiger partial charge in [-0.05, 0) is 12.1 Å². The Bertz CT molecular complexity index is 320. The summed E-state index contributed by atoms with van der Waals surface area (Å²) in [6.45, 7) is 0.346. The molecule has 3 heteroatoms. The molecule has 0 aromatic heterocycles. The molecule has 1 heterocycles. The molecule has 0 amide bonds. The van der Waals surface area contributed by atoms with Gasteiger partial charge in [0, 0.05) is 4.90 Å². The van der Waals surface area contributed by atoms with Crippen LogP contribution < -0.4 is 5.32 Å². The first kappa shape index (κ1) is 8.49. The summed E-state index contributed by atoms with van der Waals surface area (Å²) in [5, 5.41) is 3.21. The van der Waals surface area contributed by atoms with E-state index in [1.54, 1.807) is 11.8 Å². The summed E-state index contributed by atoms with van der Waals surface area (Å²) in [4.78, 5) is 1.21. The van der Waals surface area contributed by atoms with Crippen LogP contribution >= 0.6 is 11.8 Å². The number of thioether (sulfide) groups is 1. The van der Waals surface area contributed by atoms with Crippen molar-refractivity contribution in [1.82, 2.24) is 0 Å². The normalized spacial score (nSPS) is 18.8. The molecule has 0 aliphatic carbocycles. The first-order chi connectivity index (χ1) is 6.40. The lowest BCUT2D eigenvalue weighted by atomic mass is 10.3. The minimum Gasteiger partial charge on any atom is -0.350 e. The van der Waals surface area contributed by atoms with Crippen LogP contribution in [0.25, 0.3) is 0 Å². The van der Waals surface area contributed by atoms with Crippen molar-refractivity contribution in [1.29, 1.82) is 0 Å². The van der Waals surface area contributed by atoms with Gasteiger partial charge in [0.15, 0.2) is 5.56 Å². The Morgan fingerprint density at radius 1 is 1.54 bits per heavy atom. The Morgan fingerprint density at radius 3 is 3.15 bits per heavy atom. The molecular formula is C10H9NOS. The number of terminal acetylenes is 1. The molecule has 0 bridgehead atoms. The Morgan fingerprint density at radius 2 is 2.38 bits per heavy atom. The molecule has 2 nitrogen and oxygen atoms in total. The van der Waals surface area contributed by atoms with Crippen molar-refractivity contribution in [3.63, 3.8) is 0 Å². The van der Waals surface area contributed by atoms with Crippen LogP contribution in [0, 0.1) is 12.3 Å². The molecule has 1 aliphatic rings. The third kappa shape index (κ3) is 1.80. The average molecular weight is 191 g/mol. The number of anilines is 1. The SMILES string of the molecule is C#CCOC1Nc2ccccc2S1. The zero-order valence-corrected chi connectivity index (χ0v) is 7.80. The topological polar surface area (TPSA) is 21.3 Å². The van der Waals surface area contributed by atoms with Gasteiger partial charge in [-0.2, -0.15) is 0 Å². The van der Waals surface area contributed by atoms with E-state index in [-0.39, 0.29) is 5.56 Å². The van der Waals surface area contributed by atoms with E-state index in [0.29, 0.717) is 6.61 Å². The molecule has 0 saturated heterocycles. The lowest BCUT2D eigenvalue weighted by Gasteiger charge is -2.08. The fraction of sp³-hybridized carbons (Fsp3) is 0.200. The molecular weight excluding hydrogens is 182 g/mol. The molecule has 1 aromatic carbocycles. The standard InChI is InChI=1S/C10H9NOS/c1-2-7-12-10-11-8-5-3-4-6-9(8)13-10/h1,3-6,10-11H,7H2. The zero-order chi connectivity index (χ0) is 9.10. The molecule has 0 spiro atoms. The van der Waals surface area contributed by atoms with Gasteiger partial charge in [0.25, 0.3) is 0 Å². The molecule has 0 saturated carbocycles. The lowest BCUT2D eigenvalue weighted by Crippen LogP contribution is -2.14. The second-order valence-corrected chi connectivity index (χ2v) is 3.71. The fourth-order valence-corrected chi connectivity index (χ4v) is 2.12. The van der Waals surface area contributed by atoms with Gasteiger partial charge < -0.3 is 10.1 Å². The summed E-state index contributed by atoms with van der Waals surface area (Å²) < 4.78 is 5.35. The van der Waals surface area contributed by atoms with Crippen LogP contribution in [-0.4, -0.2) is 12.2 Å². The lowest BCUT2D eigenvalue weighted by molar-refractivity contribution is 0.164. The molecule has 1 unspecified atom stereocenters. The molecule has 1 aromatic rings. The van der Waals surface area contributed by atoms with E-state index in [0.717, 1.165) is 5.69 Å². The number of ether oxygens (including phenoxy) is 1. The van der Waals surface area contributed by atoms with Gasteiger partial charge in [-0.1, -0.05) is 29.8 Å². The van der Waals surface area contributed by atoms with Gasteiger partial charge in [-0.15, -0.1) is 6.42 Å². The van der Waals surface area contributed by atoms with Gasteiger partial charge in [-0.25, -0.2) is 0 Å². The molecule has 0 fully saturated rings. The van der Waals surface area contributed by atoms with Crippen molar-refractivity contribution in [3.8, 4) is 12.3 Å². The number of rotatable bonds is 2. The third-order valence-corrected chi connectivity index (χ3v) is 2.79. The van der Waals surface area contributed by atoms with Crippen molar-refractivity contribution in [2.75, 3.05) is 11.9 Å². The number of para-hydroxylation sites is 1. The minimum absolute atomic E-state index is 0.0338. The molecule has 13 heavy (non-hydrogen) atoms. The monoisotopic (exact) mass is 191 g/mol. The summed E-state index contributed by atoms with van der Waals surface area (Å²) in [5.74, 6) is 2.45. The van der Waals surface area contributed by atoms with Gasteiger partial charge in [0.1, 0.15) is 6.61 Å². The maximum Gasteiger partial charge on any atom is 0.182 e. The van der Waals surface area contributed by atoms with E-state index in [9.17, 15) is 0 Å². The number of hydrogen-bond donors (Lipinski definition) is 1. The smallest absolute Gasteiger partial charge is 0.182 e. The first-order valence-electron chi connectivity index (χ1n) is 3.97. The van der Waals surface area contributed by atoms with Crippen LogP contribution in [0.2, 0.25) is 0 Å². The Kier molecular flexibility index (Phi) is 2.44. The van der Waals surface area contributed by atoms with Crippen LogP contribution in [0.3, 0.4) is 0 Å². The summed E-state index contributed by atoms with van der Waals surface area (Å²) in [5.41, 5.74) is 1.09. The van der Waals surface area contributed by atoms with Crippen molar-refractivity contribution < 1.29 is 4.74 Å². The molecule has 0 radical (unpaired) electrons. The number of nitrogens with one attached hydrogen (secondary N) is 1. The predicted molar refractivity (Wildman–Crippen MR) is 54.5 cm³/mol. The van der Waals surface area contributed by atoms with E-state index >= 15 is 0 Å². The number of fused-ring (bicyclic) bond motifs is 1. The highest BCUT2D eigenvalue weighted by Gasteiger charge is 2.20. The van der Waals surface area contributed by atoms with Gasteiger partial charge in [-0.3, -0.25) is 0 Å². The third-order valence-electron chi connectivity index (χ3n) is 1.71. The number of hydrogen-bond acceptors (Lipinski definition) is 3. The van der Waals surface area contributed by atoms with E-state index in [2.05, 4.69) is 17.3 Å². The van der Waals surface area contributed by atoms with Crippen LogP contribution in [0.1, 0.15) is 0 Å². The largest absolute Gasteiger partial charge is 0.350 e. The number of benzene rings is 1. The maximum absolute atomic E-state index is 5.35. The summed E-state index contributed by atoms with van der Waals surface area (Å²) in [7, 11) is 0. The predicted octanol–water partition coefficient (Wildman–Crippen LogP) is 2.14. The highest BCUT2D eigenvalue weighted by Crippen LogP contribution is 2.38. The van der Waals surface area contributed by atoms with Gasteiger partial charge in [0.05, 0.1) is 5.69 Å². The van der Waals surface area contributed by atoms with Gasteiger partial charge in [0.2, 0.25) is 0 Å². The molecule has 2 rings (SSSR count). The van der Waals surface area contributed by atoms with E-state index in [4.69, 9.17) is 11.2 Å². The summed E-state index contributed by atoms with van der Waals surface area (Å²) in [6.07, 6.45) is 5.10. The van der Waals surface area contributed by atoms with Crippen LogP contribution in [-0.2, 0) is 4.74 Å². The van der Waals surface area contributed by atoms with E-state index < -0.39 is 0 Å². The Hall–Kier alpha value is -1.11. The van der Waals surface area contributed by atoms with Crippen molar-refractivity contribution in [3.05, 3.63) is 24.3 Å². The Labute approximate surface area is 81.7 Å². The highest BCUT2D eigenvalue weighted by molar-refractivity contribution is 8.00. The Balaban J connectivity index is 2.02. The second-order valence-electron chi connectivity index (χ2n) is 2.61. The summed E-state index contributed by atoms with van der Waals surface area (Å²) in [6, 6.07) is 8.10. The quantitative estimate of drug-likeness (QED) is 0.724. The van der Waals surface area contributed by atoms with Crippen LogP contribution in [0.5, 0.6) is 0 Å². The summed E-state index contributed by atoms with van der Waals surface area (Å²) >= 11 is 1.65. The molecule has 1 aliphatic heterocycles. The van der Waals surface area contributed by atoms with E-state index in [1.807, 2.05) is 18.2 Å². The first-order valence-corrected chi connectivity index (χ1v) is 4.85. The van der Waals surface area contributed by atoms with Crippen LogP contribution in [0.4, 0.5) is 5.69 Å². The minimum atomic E-state index is -0.0338. The van der Waals surface area contributed by atoms with Crippen LogP contribution in [0.15, 0.2) is 29.2 Å². The maximum atomic E-state index is 5.35. The average Bonchev–Trinajstić information content (AvgIpc) is 2.57. The van der Waals surface area contributed by atoms with E-state index in [1.165, 1.54) is 4.90 Å². The zero-order valence-electron chi connectivity index (χ0n) is 6.99. The van der Waals surface area contributed by atoms with Crippen molar-refractivity contribution in [2.45, 2.75) is 10.5 Å². The van der Waals surface area contributed by atoms with Crippen molar-refractivity contribution >= 4 is 17.4 Å². The fourth-order valence-electron chi connectivity index (χ4n) is 1.16. The van der Waals surface area contributed by atoms with Gasteiger partial charge >= 0.3 is 0 Å². The highest BCUT2D eigenvalue weighted by atomic mass is 32.2. The second kappa shape index (κ2) is 3.73. The molecule has 66 valence electrons.